The zero-order valence-corrected chi connectivity index (χ0v) is 10.4. The van der Waals surface area contributed by atoms with Crippen molar-refractivity contribution in [3.8, 4) is 11.1 Å². The molecule has 0 spiro atoms. The maximum absolute atomic E-state index is 13.6. The minimum Gasteiger partial charge on any atom is -0.478 e. The summed E-state index contributed by atoms with van der Waals surface area (Å²) in [4.78, 5) is 11.2. The highest BCUT2D eigenvalue weighted by atomic mass is 19.1. The van der Waals surface area contributed by atoms with Crippen LogP contribution in [0.3, 0.4) is 0 Å². The van der Waals surface area contributed by atoms with E-state index >= 15 is 0 Å². The number of carbonyl (C=O) groups is 1. The Hall–Kier alpha value is -2.20. The Morgan fingerprint density at radius 1 is 1.21 bits per heavy atom. The van der Waals surface area contributed by atoms with Crippen LogP contribution in [0.1, 0.15) is 21.5 Å². The summed E-state index contributed by atoms with van der Waals surface area (Å²) in [6, 6.07) is 9.60. The second-order valence-corrected chi connectivity index (χ2v) is 4.27. The van der Waals surface area contributed by atoms with Crippen LogP contribution in [0.5, 0.6) is 0 Å². The van der Waals surface area contributed by atoms with E-state index in [0.717, 1.165) is 17.2 Å². The van der Waals surface area contributed by atoms with Gasteiger partial charge in [0, 0.05) is 5.56 Å². The van der Waals surface area contributed by atoms with Gasteiger partial charge in [-0.15, -0.1) is 0 Å². The highest BCUT2D eigenvalue weighted by molar-refractivity contribution is 5.96. The minimum atomic E-state index is -1.19. The first kappa shape index (κ1) is 13.2. The second-order valence-electron chi connectivity index (χ2n) is 4.27. The fraction of sp³-hybridized carbons (Fsp3) is 0.133. The zero-order valence-electron chi connectivity index (χ0n) is 10.4. The Labute approximate surface area is 109 Å². The summed E-state index contributed by atoms with van der Waals surface area (Å²) in [7, 11) is 0. The highest BCUT2D eigenvalue weighted by Gasteiger charge is 2.17. The molecule has 0 saturated heterocycles. The van der Waals surface area contributed by atoms with Crippen LogP contribution in [0.15, 0.2) is 36.4 Å². The molecule has 0 aromatic heterocycles. The topological polar surface area (TPSA) is 57.5 Å². The van der Waals surface area contributed by atoms with Crippen LogP contribution in [-0.2, 0) is 6.61 Å². The molecule has 2 aromatic rings. The fourth-order valence-electron chi connectivity index (χ4n) is 2.01. The smallest absolute Gasteiger partial charge is 0.336 e. The number of hydrogen-bond acceptors (Lipinski definition) is 2. The van der Waals surface area contributed by atoms with E-state index in [1.165, 1.54) is 6.07 Å². The average Bonchev–Trinajstić information content (AvgIpc) is 2.39. The highest BCUT2D eigenvalue weighted by Crippen LogP contribution is 2.29. The third kappa shape index (κ3) is 2.48. The summed E-state index contributed by atoms with van der Waals surface area (Å²) >= 11 is 0. The summed E-state index contributed by atoms with van der Waals surface area (Å²) in [5.41, 5.74) is 2.00. The van der Waals surface area contributed by atoms with Gasteiger partial charge in [0.15, 0.2) is 0 Å². The number of aliphatic hydroxyl groups excluding tert-OH is 1. The van der Waals surface area contributed by atoms with Gasteiger partial charge in [-0.25, -0.2) is 9.18 Å². The third-order valence-electron chi connectivity index (χ3n) is 3.02. The number of carboxylic acids is 1. The lowest BCUT2D eigenvalue weighted by Gasteiger charge is -2.11. The van der Waals surface area contributed by atoms with Crippen molar-refractivity contribution in [2.24, 2.45) is 0 Å². The molecule has 0 fully saturated rings. The molecule has 98 valence electrons. The van der Waals surface area contributed by atoms with Crippen molar-refractivity contribution in [1.82, 2.24) is 0 Å². The van der Waals surface area contributed by atoms with Gasteiger partial charge < -0.3 is 10.2 Å². The van der Waals surface area contributed by atoms with E-state index in [1.807, 2.05) is 19.1 Å². The normalized spacial score (nSPS) is 10.5. The quantitative estimate of drug-likeness (QED) is 0.892. The first-order chi connectivity index (χ1) is 9.04. The number of hydrogen-bond donors (Lipinski definition) is 2. The minimum absolute atomic E-state index is 0.0863. The van der Waals surface area contributed by atoms with E-state index in [1.54, 1.807) is 12.1 Å². The summed E-state index contributed by atoms with van der Waals surface area (Å²) < 4.78 is 13.6. The van der Waals surface area contributed by atoms with Gasteiger partial charge in [0.1, 0.15) is 5.82 Å². The van der Waals surface area contributed by atoms with E-state index in [-0.39, 0.29) is 11.1 Å². The monoisotopic (exact) mass is 260 g/mol. The molecule has 0 amide bonds. The number of aromatic carboxylic acids is 1. The SMILES string of the molecule is Cc1ccccc1-c1cc(CO)c(F)cc1C(=O)O. The summed E-state index contributed by atoms with van der Waals surface area (Å²) in [6.07, 6.45) is 0. The van der Waals surface area contributed by atoms with Gasteiger partial charge in [-0.1, -0.05) is 24.3 Å². The Balaban J connectivity index is 2.74. The molecule has 19 heavy (non-hydrogen) atoms. The van der Waals surface area contributed by atoms with Crippen molar-refractivity contribution in [2.45, 2.75) is 13.5 Å². The van der Waals surface area contributed by atoms with Crippen LogP contribution in [0.2, 0.25) is 0 Å². The van der Waals surface area contributed by atoms with Gasteiger partial charge in [0.05, 0.1) is 12.2 Å². The Kier molecular flexibility index (Phi) is 3.62. The first-order valence-corrected chi connectivity index (χ1v) is 5.77. The van der Waals surface area contributed by atoms with Gasteiger partial charge >= 0.3 is 5.97 Å². The predicted molar refractivity (Wildman–Crippen MR) is 69.5 cm³/mol. The van der Waals surface area contributed by atoms with Crippen molar-refractivity contribution >= 4 is 5.97 Å². The lowest BCUT2D eigenvalue weighted by molar-refractivity contribution is 0.0697. The molecule has 0 heterocycles. The molecule has 0 radical (unpaired) electrons. The lowest BCUT2D eigenvalue weighted by atomic mass is 9.94. The maximum Gasteiger partial charge on any atom is 0.336 e. The van der Waals surface area contributed by atoms with Crippen LogP contribution in [0.4, 0.5) is 4.39 Å². The van der Waals surface area contributed by atoms with Crippen LogP contribution in [-0.4, -0.2) is 16.2 Å². The average molecular weight is 260 g/mol. The number of aliphatic hydroxyl groups is 1. The number of aryl methyl sites for hydroxylation is 1. The van der Waals surface area contributed by atoms with Crippen LogP contribution < -0.4 is 0 Å². The summed E-state index contributed by atoms with van der Waals surface area (Å²) in [5, 5.41) is 18.3. The van der Waals surface area contributed by atoms with Gasteiger partial charge in [-0.2, -0.15) is 0 Å². The van der Waals surface area contributed by atoms with Crippen LogP contribution >= 0.6 is 0 Å². The zero-order chi connectivity index (χ0) is 14.0. The molecule has 4 heteroatoms. The summed E-state index contributed by atoms with van der Waals surface area (Å²) in [5.74, 6) is -1.90. The van der Waals surface area contributed by atoms with Crippen molar-refractivity contribution in [3.05, 3.63) is 58.9 Å². The van der Waals surface area contributed by atoms with E-state index in [9.17, 15) is 14.3 Å². The molecule has 0 atom stereocenters. The maximum atomic E-state index is 13.6. The molecule has 0 aliphatic heterocycles. The van der Waals surface area contributed by atoms with E-state index in [0.29, 0.717) is 5.56 Å². The molecule has 0 bridgehead atoms. The van der Waals surface area contributed by atoms with Crippen LogP contribution in [0.25, 0.3) is 11.1 Å². The molecule has 0 aliphatic carbocycles. The molecule has 2 N–H and O–H groups in total. The molecular weight excluding hydrogens is 247 g/mol. The molecule has 0 aliphatic rings. The fourth-order valence-corrected chi connectivity index (χ4v) is 2.01. The van der Waals surface area contributed by atoms with Gasteiger partial charge in [-0.05, 0) is 35.7 Å². The first-order valence-electron chi connectivity index (χ1n) is 5.77. The Morgan fingerprint density at radius 3 is 2.47 bits per heavy atom. The predicted octanol–water partition coefficient (Wildman–Crippen LogP) is 2.99. The van der Waals surface area contributed by atoms with E-state index in [2.05, 4.69) is 0 Å². The number of carboxylic acid groups (broad SMARTS) is 1. The standard InChI is InChI=1S/C15H13FO3/c1-9-4-2-3-5-11(9)12-6-10(8-17)14(16)7-13(12)15(18)19/h2-7,17H,8H2,1H3,(H,18,19). The molecule has 2 aromatic carbocycles. The molecular formula is C15H13FO3. The number of rotatable bonds is 3. The third-order valence-corrected chi connectivity index (χ3v) is 3.02. The Bertz CT molecular complexity index is 635. The molecule has 2 rings (SSSR count). The van der Waals surface area contributed by atoms with E-state index < -0.39 is 18.4 Å². The van der Waals surface area contributed by atoms with Crippen LogP contribution in [0, 0.1) is 12.7 Å². The van der Waals surface area contributed by atoms with Gasteiger partial charge in [0.2, 0.25) is 0 Å². The van der Waals surface area contributed by atoms with Gasteiger partial charge in [-0.3, -0.25) is 0 Å². The lowest BCUT2D eigenvalue weighted by Crippen LogP contribution is -2.04. The largest absolute Gasteiger partial charge is 0.478 e. The van der Waals surface area contributed by atoms with Crippen molar-refractivity contribution in [2.75, 3.05) is 0 Å². The van der Waals surface area contributed by atoms with Crippen molar-refractivity contribution in [1.29, 1.82) is 0 Å². The molecule has 0 unspecified atom stereocenters. The second kappa shape index (κ2) is 5.20. The van der Waals surface area contributed by atoms with Crippen molar-refractivity contribution < 1.29 is 19.4 Å². The number of benzene rings is 2. The number of halogens is 1. The van der Waals surface area contributed by atoms with Crippen molar-refractivity contribution in [3.63, 3.8) is 0 Å². The molecule has 3 nitrogen and oxygen atoms in total. The van der Waals surface area contributed by atoms with Gasteiger partial charge in [0.25, 0.3) is 0 Å². The Morgan fingerprint density at radius 2 is 1.89 bits per heavy atom. The van der Waals surface area contributed by atoms with E-state index in [4.69, 9.17) is 5.11 Å². The summed E-state index contributed by atoms with van der Waals surface area (Å²) in [6.45, 7) is 1.38. The molecule has 0 saturated carbocycles.